The summed E-state index contributed by atoms with van der Waals surface area (Å²) in [7, 11) is 0. The van der Waals surface area contributed by atoms with Crippen molar-refractivity contribution in [2.45, 2.75) is 27.7 Å². The molecule has 92 valence electrons. The predicted octanol–water partition coefficient (Wildman–Crippen LogP) is 3.37. The number of hydrogen-bond donors (Lipinski definition) is 1. The van der Waals surface area contributed by atoms with Crippen molar-refractivity contribution in [3.63, 3.8) is 0 Å². The van der Waals surface area contributed by atoms with E-state index < -0.39 is 0 Å². The quantitative estimate of drug-likeness (QED) is 0.672. The highest BCUT2D eigenvalue weighted by Gasteiger charge is 2.14. The van der Waals surface area contributed by atoms with Gasteiger partial charge in [-0.3, -0.25) is 4.79 Å². The van der Waals surface area contributed by atoms with Crippen LogP contribution in [0.5, 0.6) is 0 Å². The van der Waals surface area contributed by atoms with Crippen LogP contribution < -0.4 is 5.56 Å². The number of aromatic amines is 1. The van der Waals surface area contributed by atoms with E-state index in [9.17, 15) is 4.79 Å². The number of aryl methyl sites for hydroxylation is 3. The Balaban J connectivity index is 2.65. The van der Waals surface area contributed by atoms with E-state index in [0.29, 0.717) is 0 Å². The second-order valence-corrected chi connectivity index (χ2v) is 5.77. The van der Waals surface area contributed by atoms with Gasteiger partial charge >= 0.3 is 0 Å². The van der Waals surface area contributed by atoms with E-state index in [4.69, 9.17) is 0 Å². The summed E-state index contributed by atoms with van der Waals surface area (Å²) in [6, 6.07) is 2.06. The van der Waals surface area contributed by atoms with Crippen LogP contribution in [0.2, 0.25) is 0 Å². The number of fused-ring (bicyclic) bond motifs is 3. The van der Waals surface area contributed by atoms with Crippen LogP contribution in [-0.2, 0) is 0 Å². The zero-order valence-corrected chi connectivity index (χ0v) is 11.7. The van der Waals surface area contributed by atoms with Crippen molar-refractivity contribution in [2.75, 3.05) is 0 Å². The highest BCUT2D eigenvalue weighted by Crippen LogP contribution is 2.35. The molecule has 0 radical (unpaired) electrons. The van der Waals surface area contributed by atoms with Gasteiger partial charge in [0.1, 0.15) is 4.83 Å². The molecule has 0 aromatic carbocycles. The Kier molecular flexibility index (Phi) is 2.32. The maximum Gasteiger partial charge on any atom is 0.251 e. The molecule has 3 aromatic heterocycles. The fourth-order valence-corrected chi connectivity index (χ4v) is 3.68. The summed E-state index contributed by atoms with van der Waals surface area (Å²) < 4.78 is 1.14. The van der Waals surface area contributed by atoms with Crippen molar-refractivity contribution < 1.29 is 0 Å². The molecule has 0 bridgehead atoms. The van der Waals surface area contributed by atoms with Crippen molar-refractivity contribution in [3.05, 3.63) is 38.8 Å². The number of aromatic nitrogens is 2. The minimum atomic E-state index is -0.000301. The Morgan fingerprint density at radius 2 is 1.89 bits per heavy atom. The summed E-state index contributed by atoms with van der Waals surface area (Å²) >= 11 is 1.66. The van der Waals surface area contributed by atoms with E-state index in [2.05, 4.69) is 23.0 Å². The molecule has 3 heterocycles. The number of H-pyrrole nitrogens is 1. The average Bonchev–Trinajstić information content (AvgIpc) is 2.64. The maximum atomic E-state index is 11.9. The lowest BCUT2D eigenvalue weighted by Gasteiger charge is -2.01. The van der Waals surface area contributed by atoms with Crippen LogP contribution in [0.3, 0.4) is 0 Å². The smallest absolute Gasteiger partial charge is 0.251 e. The number of pyridine rings is 2. The fourth-order valence-electron chi connectivity index (χ4n) is 2.37. The molecule has 0 amide bonds. The molecule has 0 aliphatic carbocycles. The third-order valence-electron chi connectivity index (χ3n) is 3.47. The molecule has 3 aromatic rings. The highest BCUT2D eigenvalue weighted by atomic mass is 32.1. The molecule has 0 atom stereocenters. The van der Waals surface area contributed by atoms with Crippen molar-refractivity contribution >= 4 is 31.8 Å². The van der Waals surface area contributed by atoms with Crippen molar-refractivity contribution in [2.24, 2.45) is 0 Å². The summed E-state index contributed by atoms with van der Waals surface area (Å²) in [5.74, 6) is 0. The van der Waals surface area contributed by atoms with Crippen LogP contribution in [0.1, 0.15) is 22.4 Å². The topological polar surface area (TPSA) is 45.8 Å². The molecule has 0 aliphatic rings. The van der Waals surface area contributed by atoms with Gasteiger partial charge in [0, 0.05) is 16.6 Å². The number of hydrogen-bond acceptors (Lipinski definition) is 3. The number of thiophene rings is 1. The molecule has 18 heavy (non-hydrogen) atoms. The summed E-state index contributed by atoms with van der Waals surface area (Å²) in [6.07, 6.45) is 0. The van der Waals surface area contributed by atoms with Crippen LogP contribution in [0, 0.1) is 27.7 Å². The lowest BCUT2D eigenvalue weighted by atomic mass is 10.1. The Labute approximate surface area is 108 Å². The molecule has 0 unspecified atom stereocenters. The van der Waals surface area contributed by atoms with Gasteiger partial charge in [-0.15, -0.1) is 11.3 Å². The summed E-state index contributed by atoms with van der Waals surface area (Å²) in [4.78, 5) is 20.5. The second kappa shape index (κ2) is 3.65. The largest absolute Gasteiger partial charge is 0.320 e. The third kappa shape index (κ3) is 1.42. The van der Waals surface area contributed by atoms with Crippen LogP contribution in [0.25, 0.3) is 20.4 Å². The molecular weight excluding hydrogens is 244 g/mol. The zero-order chi connectivity index (χ0) is 13.0. The molecule has 1 N–H and O–H groups in total. The highest BCUT2D eigenvalue weighted by molar-refractivity contribution is 7.25. The Hall–Kier alpha value is -1.68. The molecule has 0 spiro atoms. The molecule has 3 nitrogen and oxygen atoms in total. The maximum absolute atomic E-state index is 11.9. The van der Waals surface area contributed by atoms with Gasteiger partial charge in [-0.1, -0.05) is 0 Å². The van der Waals surface area contributed by atoms with E-state index in [-0.39, 0.29) is 5.56 Å². The van der Waals surface area contributed by atoms with Gasteiger partial charge in [0.15, 0.2) is 0 Å². The van der Waals surface area contributed by atoms with Crippen molar-refractivity contribution in [3.8, 4) is 0 Å². The number of rotatable bonds is 0. The Morgan fingerprint density at radius 1 is 1.17 bits per heavy atom. The van der Waals surface area contributed by atoms with Crippen LogP contribution in [0.15, 0.2) is 10.9 Å². The molecule has 0 aliphatic heterocycles. The normalized spacial score (nSPS) is 11.6. The van der Waals surface area contributed by atoms with Crippen LogP contribution >= 0.6 is 11.3 Å². The average molecular weight is 258 g/mol. The Bertz CT molecular complexity index is 842. The minimum absolute atomic E-state index is 0.000301. The zero-order valence-electron chi connectivity index (χ0n) is 10.8. The first-order chi connectivity index (χ1) is 8.49. The lowest BCUT2D eigenvalue weighted by Crippen LogP contribution is -2.10. The number of nitrogens with one attached hydrogen (secondary N) is 1. The first kappa shape index (κ1) is 11.4. The van der Waals surface area contributed by atoms with Gasteiger partial charge in [0.25, 0.3) is 5.56 Å². The molecule has 0 fully saturated rings. The van der Waals surface area contributed by atoms with Crippen LogP contribution in [-0.4, -0.2) is 9.97 Å². The first-order valence-electron chi connectivity index (χ1n) is 5.89. The van der Waals surface area contributed by atoms with E-state index in [1.807, 2.05) is 20.8 Å². The molecule has 4 heteroatoms. The monoisotopic (exact) mass is 258 g/mol. The van der Waals surface area contributed by atoms with Gasteiger partial charge in [0.2, 0.25) is 0 Å². The fraction of sp³-hybridized carbons (Fsp3) is 0.286. The van der Waals surface area contributed by atoms with Crippen molar-refractivity contribution in [1.29, 1.82) is 0 Å². The van der Waals surface area contributed by atoms with E-state index >= 15 is 0 Å². The molecular formula is C14H14N2OS. The van der Waals surface area contributed by atoms with E-state index in [0.717, 1.165) is 37.3 Å². The summed E-state index contributed by atoms with van der Waals surface area (Å²) in [6.45, 7) is 7.93. The SMILES string of the molecule is Cc1cc(C)c2c(n1)sc1c(C)c(C)c(=O)[nH]c12. The Morgan fingerprint density at radius 3 is 2.61 bits per heavy atom. The summed E-state index contributed by atoms with van der Waals surface area (Å²) in [5, 5.41) is 1.08. The lowest BCUT2D eigenvalue weighted by molar-refractivity contribution is 1.21. The standard InChI is InChI=1S/C14H14N2OS/c1-6-5-7(2)15-14-10(6)11-12(18-14)8(3)9(4)13(17)16-11/h5H,1-4H3,(H,16,17). The summed E-state index contributed by atoms with van der Waals surface area (Å²) in [5.41, 5.74) is 4.98. The van der Waals surface area contributed by atoms with Gasteiger partial charge in [0.05, 0.1) is 10.2 Å². The van der Waals surface area contributed by atoms with Gasteiger partial charge in [-0.25, -0.2) is 4.98 Å². The van der Waals surface area contributed by atoms with Crippen molar-refractivity contribution in [1.82, 2.24) is 9.97 Å². The van der Waals surface area contributed by atoms with E-state index in [1.165, 1.54) is 5.56 Å². The first-order valence-corrected chi connectivity index (χ1v) is 6.70. The van der Waals surface area contributed by atoms with Gasteiger partial charge < -0.3 is 4.98 Å². The van der Waals surface area contributed by atoms with Gasteiger partial charge in [-0.05, 0) is 44.9 Å². The molecule has 0 saturated heterocycles. The van der Waals surface area contributed by atoms with Crippen LogP contribution in [0.4, 0.5) is 0 Å². The molecule has 3 rings (SSSR count). The minimum Gasteiger partial charge on any atom is -0.320 e. The third-order valence-corrected chi connectivity index (χ3v) is 4.67. The van der Waals surface area contributed by atoms with E-state index in [1.54, 1.807) is 11.3 Å². The molecule has 0 saturated carbocycles. The predicted molar refractivity (Wildman–Crippen MR) is 76.7 cm³/mol. The second-order valence-electron chi connectivity index (χ2n) is 4.77. The number of nitrogens with zero attached hydrogens (tertiary/aromatic N) is 1. The van der Waals surface area contributed by atoms with Gasteiger partial charge in [-0.2, -0.15) is 0 Å².